The van der Waals surface area contributed by atoms with E-state index in [-0.39, 0.29) is 0 Å². The van der Waals surface area contributed by atoms with Gasteiger partial charge < -0.3 is 10.1 Å². The lowest BCUT2D eigenvalue weighted by Crippen LogP contribution is -2.36. The van der Waals surface area contributed by atoms with Gasteiger partial charge in [0.1, 0.15) is 16.5 Å². The zero-order chi connectivity index (χ0) is 21.2. The third-order valence-corrected chi connectivity index (χ3v) is 8.53. The molecule has 2 aliphatic rings. The molecule has 0 bridgehead atoms. The minimum Gasteiger partial charge on any atom is -0.379 e. The van der Waals surface area contributed by atoms with Crippen LogP contribution in [0.25, 0.3) is 10.2 Å². The Labute approximate surface area is 192 Å². The number of ether oxygens (including phenoxy) is 1. The molecule has 1 atom stereocenters. The van der Waals surface area contributed by atoms with E-state index in [9.17, 15) is 0 Å². The van der Waals surface area contributed by atoms with Crippen LogP contribution in [0.2, 0.25) is 0 Å². The van der Waals surface area contributed by atoms with Crippen molar-refractivity contribution in [1.29, 1.82) is 0 Å². The summed E-state index contributed by atoms with van der Waals surface area (Å²) < 4.78 is 5.50. The Kier molecular flexibility index (Phi) is 6.52. The second kappa shape index (κ2) is 9.50. The average molecular weight is 458 g/mol. The first kappa shape index (κ1) is 21.3. The monoisotopic (exact) mass is 457 g/mol. The van der Waals surface area contributed by atoms with E-state index in [0.29, 0.717) is 6.04 Å². The van der Waals surface area contributed by atoms with Crippen LogP contribution in [-0.4, -0.2) is 65.7 Å². The van der Waals surface area contributed by atoms with Crippen LogP contribution in [0.15, 0.2) is 17.5 Å². The molecule has 0 spiro atoms. The summed E-state index contributed by atoms with van der Waals surface area (Å²) in [6.45, 7) is 11.9. The molecule has 6 nitrogen and oxygen atoms in total. The fraction of sp³-hybridized carbons (Fsp3) is 0.565. The number of nitrogens with zero attached hydrogens (tertiary/aromatic N) is 4. The van der Waals surface area contributed by atoms with Crippen LogP contribution in [-0.2, 0) is 11.3 Å². The van der Waals surface area contributed by atoms with E-state index in [1.165, 1.54) is 46.6 Å². The highest BCUT2D eigenvalue weighted by atomic mass is 32.1. The van der Waals surface area contributed by atoms with Crippen molar-refractivity contribution in [2.45, 2.75) is 39.3 Å². The van der Waals surface area contributed by atoms with Gasteiger partial charge in [-0.05, 0) is 56.8 Å². The van der Waals surface area contributed by atoms with E-state index in [1.807, 2.05) is 11.3 Å². The molecular weight excluding hydrogens is 426 g/mol. The molecule has 0 amide bonds. The number of hydrogen-bond acceptors (Lipinski definition) is 8. The van der Waals surface area contributed by atoms with E-state index in [0.717, 1.165) is 55.9 Å². The lowest BCUT2D eigenvalue weighted by molar-refractivity contribution is 0.0331. The molecule has 1 N–H and O–H groups in total. The van der Waals surface area contributed by atoms with Gasteiger partial charge in [0.15, 0.2) is 0 Å². The average Bonchev–Trinajstić information content (AvgIpc) is 3.53. The highest BCUT2D eigenvalue weighted by molar-refractivity contribution is 7.18. The van der Waals surface area contributed by atoms with E-state index >= 15 is 0 Å². The van der Waals surface area contributed by atoms with Crippen molar-refractivity contribution in [3.63, 3.8) is 0 Å². The van der Waals surface area contributed by atoms with Crippen LogP contribution in [0.1, 0.15) is 40.0 Å². The van der Waals surface area contributed by atoms with E-state index in [4.69, 9.17) is 14.7 Å². The quantitative estimate of drug-likeness (QED) is 0.566. The van der Waals surface area contributed by atoms with Crippen molar-refractivity contribution in [2.24, 2.45) is 0 Å². The summed E-state index contributed by atoms with van der Waals surface area (Å²) >= 11 is 3.64. The van der Waals surface area contributed by atoms with Crippen LogP contribution >= 0.6 is 22.7 Å². The molecule has 0 aromatic carbocycles. The number of likely N-dealkylation sites (tertiary alicyclic amines) is 1. The molecule has 3 aromatic heterocycles. The first-order valence-electron chi connectivity index (χ1n) is 11.3. The molecule has 31 heavy (non-hydrogen) atoms. The minimum absolute atomic E-state index is 0.398. The Hall–Kier alpha value is -1.58. The summed E-state index contributed by atoms with van der Waals surface area (Å²) in [6.07, 6.45) is 2.60. The first-order valence-corrected chi connectivity index (χ1v) is 13.0. The summed E-state index contributed by atoms with van der Waals surface area (Å²) in [6, 6.07) is 4.84. The van der Waals surface area contributed by atoms with Crippen LogP contribution in [0.3, 0.4) is 0 Å². The van der Waals surface area contributed by atoms with Crippen LogP contribution in [0.5, 0.6) is 0 Å². The molecule has 2 saturated heterocycles. The van der Waals surface area contributed by atoms with E-state index < -0.39 is 0 Å². The molecule has 2 aliphatic heterocycles. The first-order chi connectivity index (χ1) is 15.2. The third kappa shape index (κ3) is 4.64. The van der Waals surface area contributed by atoms with Crippen LogP contribution in [0, 0.1) is 13.8 Å². The highest BCUT2D eigenvalue weighted by Gasteiger charge is 2.25. The van der Waals surface area contributed by atoms with Gasteiger partial charge in [-0.25, -0.2) is 9.97 Å². The van der Waals surface area contributed by atoms with Crippen molar-refractivity contribution < 1.29 is 4.74 Å². The maximum atomic E-state index is 5.50. The van der Waals surface area contributed by atoms with Crippen molar-refractivity contribution in [3.8, 4) is 0 Å². The molecule has 0 radical (unpaired) electrons. The van der Waals surface area contributed by atoms with Gasteiger partial charge in [0.2, 0.25) is 0 Å². The molecule has 8 heteroatoms. The van der Waals surface area contributed by atoms with Gasteiger partial charge in [-0.3, -0.25) is 9.80 Å². The smallest absolute Gasteiger partial charge is 0.146 e. The third-order valence-electron chi connectivity index (χ3n) is 6.46. The lowest BCUT2D eigenvalue weighted by Gasteiger charge is -2.28. The van der Waals surface area contributed by atoms with Gasteiger partial charge in [-0.15, -0.1) is 22.7 Å². The van der Waals surface area contributed by atoms with E-state index in [2.05, 4.69) is 46.5 Å². The Balaban J connectivity index is 1.42. The maximum Gasteiger partial charge on any atom is 0.146 e. The number of thiophene rings is 2. The molecule has 5 rings (SSSR count). The fourth-order valence-electron chi connectivity index (χ4n) is 4.59. The summed E-state index contributed by atoms with van der Waals surface area (Å²) in [5.74, 6) is 1.91. The topological polar surface area (TPSA) is 53.5 Å². The molecule has 1 unspecified atom stereocenters. The predicted octanol–water partition coefficient (Wildman–Crippen LogP) is 4.45. The SMILES string of the molecule is Cc1sc2nc(CN3CCOCC3)nc(NCC(c3cccs3)N3CCCC3)c2c1C. The molecular formula is C23H31N5OS2. The van der Waals surface area contributed by atoms with E-state index in [1.54, 1.807) is 11.3 Å². The second-order valence-corrected chi connectivity index (χ2v) is 10.7. The van der Waals surface area contributed by atoms with Crippen molar-refractivity contribution in [2.75, 3.05) is 51.3 Å². The summed E-state index contributed by atoms with van der Waals surface area (Å²) in [5, 5.41) is 7.14. The zero-order valence-electron chi connectivity index (χ0n) is 18.4. The number of hydrogen-bond donors (Lipinski definition) is 1. The van der Waals surface area contributed by atoms with Crippen molar-refractivity contribution in [1.82, 2.24) is 19.8 Å². The van der Waals surface area contributed by atoms with Gasteiger partial charge >= 0.3 is 0 Å². The van der Waals surface area contributed by atoms with Crippen LogP contribution in [0.4, 0.5) is 5.82 Å². The fourth-order valence-corrected chi connectivity index (χ4v) is 6.50. The Morgan fingerprint density at radius 3 is 2.68 bits per heavy atom. The summed E-state index contributed by atoms with van der Waals surface area (Å²) in [4.78, 5) is 18.9. The van der Waals surface area contributed by atoms with Gasteiger partial charge in [-0.1, -0.05) is 6.07 Å². The Bertz CT molecular complexity index is 1010. The minimum atomic E-state index is 0.398. The van der Waals surface area contributed by atoms with Crippen molar-refractivity contribution in [3.05, 3.63) is 38.7 Å². The molecule has 166 valence electrons. The Morgan fingerprint density at radius 2 is 1.94 bits per heavy atom. The van der Waals surface area contributed by atoms with Gasteiger partial charge in [0, 0.05) is 29.4 Å². The van der Waals surface area contributed by atoms with Gasteiger partial charge in [-0.2, -0.15) is 0 Å². The molecule has 5 heterocycles. The number of rotatable bonds is 7. The summed E-state index contributed by atoms with van der Waals surface area (Å²) in [7, 11) is 0. The summed E-state index contributed by atoms with van der Waals surface area (Å²) in [5.41, 5.74) is 1.30. The number of anilines is 1. The number of aromatic nitrogens is 2. The van der Waals surface area contributed by atoms with Gasteiger partial charge in [0.25, 0.3) is 0 Å². The molecule has 3 aromatic rings. The molecule has 2 fully saturated rings. The van der Waals surface area contributed by atoms with Crippen LogP contribution < -0.4 is 5.32 Å². The zero-order valence-corrected chi connectivity index (χ0v) is 20.0. The van der Waals surface area contributed by atoms with Crippen molar-refractivity contribution >= 4 is 38.7 Å². The van der Waals surface area contributed by atoms with Gasteiger partial charge in [0.05, 0.1) is 31.2 Å². The number of fused-ring (bicyclic) bond motifs is 1. The standard InChI is InChI=1S/C23H31N5OS2/c1-16-17(2)31-23-21(16)22(25-20(26-23)15-27-9-11-29-12-10-27)24-14-18(19-6-5-13-30-19)28-7-3-4-8-28/h5-6,13,18H,3-4,7-12,14-15H2,1-2H3,(H,24,25,26). The lowest BCUT2D eigenvalue weighted by atomic mass is 10.2. The second-order valence-electron chi connectivity index (χ2n) is 8.50. The molecule has 0 aliphatic carbocycles. The normalized spacial score (nSPS) is 19.3. The maximum absolute atomic E-state index is 5.50. The molecule has 0 saturated carbocycles. The number of aryl methyl sites for hydroxylation is 2. The predicted molar refractivity (Wildman–Crippen MR) is 129 cm³/mol. The highest BCUT2D eigenvalue weighted by Crippen LogP contribution is 2.35. The Morgan fingerprint density at radius 1 is 1.13 bits per heavy atom. The number of morpholine rings is 1. The number of nitrogens with one attached hydrogen (secondary N) is 1. The largest absolute Gasteiger partial charge is 0.379 e.